The summed E-state index contributed by atoms with van der Waals surface area (Å²) in [6, 6.07) is 2.49. The second-order valence-corrected chi connectivity index (χ2v) is 4.66. The minimum absolute atomic E-state index is 0.382. The van der Waals surface area contributed by atoms with Crippen LogP contribution in [0.3, 0.4) is 0 Å². The molecule has 1 aliphatic rings. The topological polar surface area (TPSA) is 38.1 Å². The van der Waals surface area contributed by atoms with Crippen molar-refractivity contribution < 1.29 is 4.52 Å². The van der Waals surface area contributed by atoms with Crippen LogP contribution < -0.4 is 5.32 Å². The zero-order chi connectivity index (χ0) is 10.7. The van der Waals surface area contributed by atoms with Gasteiger partial charge in [-0.05, 0) is 25.3 Å². The Morgan fingerprint density at radius 1 is 1.40 bits per heavy atom. The Labute approximate surface area is 91.2 Å². The molecule has 3 heteroatoms. The van der Waals surface area contributed by atoms with Crippen molar-refractivity contribution in [2.75, 3.05) is 6.54 Å². The maximum absolute atomic E-state index is 5.41. The minimum atomic E-state index is 0.382. The summed E-state index contributed by atoms with van der Waals surface area (Å²) in [6.07, 6.45) is 5.07. The van der Waals surface area contributed by atoms with E-state index in [1.807, 2.05) is 0 Å². The van der Waals surface area contributed by atoms with E-state index in [0.717, 1.165) is 18.0 Å². The van der Waals surface area contributed by atoms with Crippen LogP contribution in [-0.4, -0.2) is 11.7 Å². The zero-order valence-electron chi connectivity index (χ0n) is 9.62. The van der Waals surface area contributed by atoms with Crippen molar-refractivity contribution in [3.63, 3.8) is 0 Å². The van der Waals surface area contributed by atoms with Crippen LogP contribution in [0.2, 0.25) is 0 Å². The molecular formula is C12H20N2O. The van der Waals surface area contributed by atoms with Crippen molar-refractivity contribution in [2.24, 2.45) is 0 Å². The molecule has 0 aliphatic carbocycles. The summed E-state index contributed by atoms with van der Waals surface area (Å²) in [5.41, 5.74) is 1.07. The van der Waals surface area contributed by atoms with Crippen LogP contribution in [0.15, 0.2) is 10.6 Å². The van der Waals surface area contributed by atoms with Gasteiger partial charge in [-0.15, -0.1) is 0 Å². The third kappa shape index (κ3) is 2.59. The summed E-state index contributed by atoms with van der Waals surface area (Å²) in [7, 11) is 0. The second kappa shape index (κ2) is 4.79. The molecule has 0 spiro atoms. The molecule has 2 rings (SSSR count). The van der Waals surface area contributed by atoms with E-state index in [4.69, 9.17) is 4.52 Å². The van der Waals surface area contributed by atoms with Crippen LogP contribution in [0.25, 0.3) is 0 Å². The summed E-state index contributed by atoms with van der Waals surface area (Å²) in [4.78, 5) is 0. The smallest absolute Gasteiger partial charge is 0.153 e. The van der Waals surface area contributed by atoms with Crippen molar-refractivity contribution in [1.82, 2.24) is 10.5 Å². The van der Waals surface area contributed by atoms with Crippen LogP contribution in [0.5, 0.6) is 0 Å². The highest BCUT2D eigenvalue weighted by Gasteiger charge is 2.18. The summed E-state index contributed by atoms with van der Waals surface area (Å²) in [6.45, 7) is 5.38. The van der Waals surface area contributed by atoms with Gasteiger partial charge in [-0.1, -0.05) is 31.8 Å². The molecule has 84 valence electrons. The third-order valence-electron chi connectivity index (χ3n) is 3.04. The van der Waals surface area contributed by atoms with Gasteiger partial charge in [-0.3, -0.25) is 0 Å². The summed E-state index contributed by atoms with van der Waals surface area (Å²) in [5, 5.41) is 7.62. The van der Waals surface area contributed by atoms with E-state index in [-0.39, 0.29) is 0 Å². The van der Waals surface area contributed by atoms with Crippen LogP contribution in [0.1, 0.15) is 62.9 Å². The second-order valence-electron chi connectivity index (χ2n) is 4.66. The Morgan fingerprint density at radius 3 is 3.00 bits per heavy atom. The number of aromatic nitrogens is 1. The summed E-state index contributed by atoms with van der Waals surface area (Å²) < 4.78 is 5.41. The first-order chi connectivity index (χ1) is 7.27. The minimum Gasteiger partial charge on any atom is -0.359 e. The van der Waals surface area contributed by atoms with Crippen molar-refractivity contribution in [1.29, 1.82) is 0 Å². The van der Waals surface area contributed by atoms with Crippen LogP contribution in [0.4, 0.5) is 0 Å². The molecule has 0 saturated carbocycles. The molecule has 1 N–H and O–H groups in total. The fourth-order valence-electron chi connectivity index (χ4n) is 2.01. The standard InChI is InChI=1S/C12H20N2O/c1-9(2)11-8-12(15-14-11)10-6-4-3-5-7-13-10/h8-10,13H,3-7H2,1-2H3. The lowest BCUT2D eigenvalue weighted by molar-refractivity contribution is 0.330. The summed E-state index contributed by atoms with van der Waals surface area (Å²) >= 11 is 0. The van der Waals surface area contributed by atoms with E-state index in [2.05, 4.69) is 30.4 Å². The highest BCUT2D eigenvalue weighted by Crippen LogP contribution is 2.25. The number of rotatable bonds is 2. The first-order valence-electron chi connectivity index (χ1n) is 5.97. The zero-order valence-corrected chi connectivity index (χ0v) is 9.62. The van der Waals surface area contributed by atoms with Gasteiger partial charge in [0.15, 0.2) is 5.76 Å². The van der Waals surface area contributed by atoms with Gasteiger partial charge in [0.1, 0.15) is 0 Å². The fraction of sp³-hybridized carbons (Fsp3) is 0.750. The molecule has 1 fully saturated rings. The monoisotopic (exact) mass is 208 g/mol. The lowest BCUT2D eigenvalue weighted by Crippen LogP contribution is -2.19. The van der Waals surface area contributed by atoms with Crippen molar-refractivity contribution >= 4 is 0 Å². The maximum Gasteiger partial charge on any atom is 0.153 e. The van der Waals surface area contributed by atoms with Gasteiger partial charge >= 0.3 is 0 Å². The predicted molar refractivity (Wildman–Crippen MR) is 59.8 cm³/mol. The van der Waals surface area contributed by atoms with Crippen LogP contribution in [0, 0.1) is 0 Å². The highest BCUT2D eigenvalue weighted by atomic mass is 16.5. The first-order valence-corrected chi connectivity index (χ1v) is 5.97. The fourth-order valence-corrected chi connectivity index (χ4v) is 2.01. The number of nitrogens with one attached hydrogen (secondary N) is 1. The van der Waals surface area contributed by atoms with E-state index in [9.17, 15) is 0 Å². The molecule has 2 heterocycles. The largest absolute Gasteiger partial charge is 0.359 e. The van der Waals surface area contributed by atoms with E-state index in [1.165, 1.54) is 25.7 Å². The molecule has 3 nitrogen and oxygen atoms in total. The SMILES string of the molecule is CC(C)c1cc(C2CCCCCN2)on1. The Morgan fingerprint density at radius 2 is 2.27 bits per heavy atom. The molecule has 1 saturated heterocycles. The molecule has 0 aromatic carbocycles. The summed E-state index contributed by atoms with van der Waals surface area (Å²) in [5.74, 6) is 1.47. The van der Waals surface area contributed by atoms with Crippen LogP contribution in [-0.2, 0) is 0 Å². The molecule has 1 aliphatic heterocycles. The van der Waals surface area contributed by atoms with Crippen molar-refractivity contribution in [2.45, 2.75) is 51.5 Å². The molecule has 1 aromatic rings. The molecule has 0 bridgehead atoms. The van der Waals surface area contributed by atoms with Gasteiger partial charge in [0.2, 0.25) is 0 Å². The average Bonchev–Trinajstić information content (AvgIpc) is 2.55. The molecule has 0 amide bonds. The van der Waals surface area contributed by atoms with Gasteiger partial charge in [-0.25, -0.2) is 0 Å². The van der Waals surface area contributed by atoms with Crippen molar-refractivity contribution in [3.8, 4) is 0 Å². The quantitative estimate of drug-likeness (QED) is 0.812. The Hall–Kier alpha value is -0.830. The van der Waals surface area contributed by atoms with E-state index in [0.29, 0.717) is 12.0 Å². The van der Waals surface area contributed by atoms with E-state index in [1.54, 1.807) is 0 Å². The molecule has 1 unspecified atom stereocenters. The highest BCUT2D eigenvalue weighted by molar-refractivity contribution is 5.12. The van der Waals surface area contributed by atoms with Gasteiger partial charge < -0.3 is 9.84 Å². The molecule has 15 heavy (non-hydrogen) atoms. The third-order valence-corrected chi connectivity index (χ3v) is 3.04. The van der Waals surface area contributed by atoms with Gasteiger partial charge in [0.25, 0.3) is 0 Å². The lowest BCUT2D eigenvalue weighted by atomic mass is 10.1. The normalized spacial score (nSPS) is 23.0. The van der Waals surface area contributed by atoms with Gasteiger partial charge in [0.05, 0.1) is 11.7 Å². The molecule has 0 radical (unpaired) electrons. The van der Waals surface area contributed by atoms with Crippen LogP contribution >= 0.6 is 0 Å². The van der Waals surface area contributed by atoms with Gasteiger partial charge in [0, 0.05) is 6.07 Å². The maximum atomic E-state index is 5.41. The van der Waals surface area contributed by atoms with Gasteiger partial charge in [-0.2, -0.15) is 0 Å². The van der Waals surface area contributed by atoms with E-state index < -0.39 is 0 Å². The Kier molecular flexibility index (Phi) is 3.41. The molecule has 1 atom stereocenters. The Balaban J connectivity index is 2.06. The molecule has 1 aromatic heterocycles. The number of nitrogens with zero attached hydrogens (tertiary/aromatic N) is 1. The molecular weight excluding hydrogens is 188 g/mol. The Bertz CT molecular complexity index is 298. The van der Waals surface area contributed by atoms with E-state index >= 15 is 0 Å². The number of hydrogen-bond acceptors (Lipinski definition) is 3. The lowest BCUT2D eigenvalue weighted by Gasteiger charge is -2.10. The number of hydrogen-bond donors (Lipinski definition) is 1. The average molecular weight is 208 g/mol. The van der Waals surface area contributed by atoms with Crippen molar-refractivity contribution in [3.05, 3.63) is 17.5 Å². The predicted octanol–water partition coefficient (Wildman–Crippen LogP) is 3.00. The first kappa shape index (κ1) is 10.7.